The van der Waals surface area contributed by atoms with Crippen LogP contribution in [0.2, 0.25) is 0 Å². The number of pyridine rings is 1. The van der Waals surface area contributed by atoms with E-state index in [2.05, 4.69) is 84.8 Å². The number of H-pyrrole nitrogens is 1. The highest BCUT2D eigenvalue weighted by Gasteiger charge is 2.09. The molecule has 1 N–H and O–H groups in total. The Hall–Kier alpha value is -2.67. The van der Waals surface area contributed by atoms with Crippen LogP contribution in [0.15, 0.2) is 72.9 Å². The number of benzene rings is 3. The first-order valence-electron chi connectivity index (χ1n) is 10.8. The van der Waals surface area contributed by atoms with Gasteiger partial charge in [0.15, 0.2) is 6.20 Å². The molecule has 0 fully saturated rings. The summed E-state index contributed by atoms with van der Waals surface area (Å²) in [6.07, 6.45) is 11.5. The van der Waals surface area contributed by atoms with Gasteiger partial charge in [-0.25, -0.2) is 4.98 Å². The molecule has 0 radical (unpaired) electrons. The van der Waals surface area contributed by atoms with E-state index in [1.807, 2.05) is 0 Å². The summed E-state index contributed by atoms with van der Waals surface area (Å²) in [5.74, 6) is 0. The summed E-state index contributed by atoms with van der Waals surface area (Å²) in [5, 5.41) is 5.15. The first-order valence-corrected chi connectivity index (χ1v) is 10.8. The molecule has 0 aliphatic carbocycles. The zero-order chi connectivity index (χ0) is 19.2. The van der Waals surface area contributed by atoms with Crippen LogP contribution in [0, 0.1) is 0 Å². The molecular weight excluding hydrogens is 338 g/mol. The lowest BCUT2D eigenvalue weighted by molar-refractivity contribution is -0.362. The van der Waals surface area contributed by atoms with Gasteiger partial charge in [-0.1, -0.05) is 87.6 Å². The highest BCUT2D eigenvalue weighted by Crippen LogP contribution is 2.26. The summed E-state index contributed by atoms with van der Waals surface area (Å²) in [4.78, 5) is 3.51. The van der Waals surface area contributed by atoms with Crippen LogP contribution in [0.5, 0.6) is 0 Å². The Kier molecular flexibility index (Phi) is 6.01. The molecule has 0 spiro atoms. The van der Waals surface area contributed by atoms with Crippen molar-refractivity contribution in [3.8, 4) is 11.3 Å². The van der Waals surface area contributed by atoms with Crippen molar-refractivity contribution in [3.63, 3.8) is 0 Å². The molecule has 1 aromatic heterocycles. The minimum absolute atomic E-state index is 1.17. The van der Waals surface area contributed by atoms with Gasteiger partial charge in [0.05, 0.1) is 5.39 Å². The van der Waals surface area contributed by atoms with Crippen molar-refractivity contribution in [2.75, 3.05) is 0 Å². The van der Waals surface area contributed by atoms with E-state index >= 15 is 0 Å². The van der Waals surface area contributed by atoms with Gasteiger partial charge in [-0.05, 0) is 46.7 Å². The molecule has 142 valence electrons. The monoisotopic (exact) mass is 368 g/mol. The van der Waals surface area contributed by atoms with E-state index in [1.54, 1.807) is 0 Å². The maximum absolute atomic E-state index is 3.51. The summed E-state index contributed by atoms with van der Waals surface area (Å²) < 4.78 is 0. The van der Waals surface area contributed by atoms with Crippen molar-refractivity contribution in [1.82, 2.24) is 0 Å². The molecule has 0 bridgehead atoms. The maximum Gasteiger partial charge on any atom is 0.211 e. The van der Waals surface area contributed by atoms with Crippen LogP contribution in [0.3, 0.4) is 0 Å². The van der Waals surface area contributed by atoms with Crippen LogP contribution in [0.4, 0.5) is 0 Å². The number of rotatable bonds is 8. The molecule has 1 heterocycles. The molecule has 0 saturated carbocycles. The summed E-state index contributed by atoms with van der Waals surface area (Å²) >= 11 is 0. The third kappa shape index (κ3) is 4.25. The fourth-order valence-electron chi connectivity index (χ4n) is 4.07. The molecule has 4 aromatic rings. The minimum atomic E-state index is 1.17. The van der Waals surface area contributed by atoms with Crippen LogP contribution in [-0.2, 0) is 6.42 Å². The first-order chi connectivity index (χ1) is 13.8. The average Bonchev–Trinajstić information content (AvgIpc) is 2.76. The normalized spacial score (nSPS) is 11.3. The summed E-state index contributed by atoms with van der Waals surface area (Å²) in [6.45, 7) is 2.27. The molecule has 0 amide bonds. The molecule has 0 atom stereocenters. The lowest BCUT2D eigenvalue weighted by Gasteiger charge is -2.05. The zero-order valence-corrected chi connectivity index (χ0v) is 16.9. The van der Waals surface area contributed by atoms with E-state index < -0.39 is 0 Å². The number of aryl methyl sites for hydroxylation is 1. The van der Waals surface area contributed by atoms with Crippen LogP contribution in [-0.4, -0.2) is 0 Å². The van der Waals surface area contributed by atoms with Crippen molar-refractivity contribution >= 4 is 21.5 Å². The Bertz CT molecular complexity index is 1050. The van der Waals surface area contributed by atoms with Crippen LogP contribution >= 0.6 is 0 Å². The van der Waals surface area contributed by atoms with Crippen molar-refractivity contribution in [2.45, 2.75) is 51.9 Å². The quantitative estimate of drug-likeness (QED) is 0.227. The predicted molar refractivity (Wildman–Crippen MR) is 121 cm³/mol. The molecule has 1 nitrogen and oxygen atoms in total. The summed E-state index contributed by atoms with van der Waals surface area (Å²) in [7, 11) is 0. The summed E-state index contributed by atoms with van der Waals surface area (Å²) in [5.41, 5.74) is 3.88. The van der Waals surface area contributed by atoms with Gasteiger partial charge in [0.1, 0.15) is 0 Å². The van der Waals surface area contributed by atoms with E-state index in [-0.39, 0.29) is 0 Å². The second-order valence-electron chi connectivity index (χ2n) is 7.85. The average molecular weight is 369 g/mol. The van der Waals surface area contributed by atoms with Gasteiger partial charge in [0.2, 0.25) is 5.69 Å². The van der Waals surface area contributed by atoms with Gasteiger partial charge in [0.25, 0.3) is 0 Å². The molecule has 4 rings (SSSR count). The molecule has 0 aliphatic rings. The Morgan fingerprint density at radius 2 is 1.43 bits per heavy atom. The number of fused-ring (bicyclic) bond motifs is 3. The Morgan fingerprint density at radius 3 is 2.29 bits per heavy atom. The molecule has 0 aliphatic heterocycles. The van der Waals surface area contributed by atoms with Gasteiger partial charge < -0.3 is 0 Å². The second-order valence-corrected chi connectivity index (χ2v) is 7.85. The van der Waals surface area contributed by atoms with E-state index in [9.17, 15) is 0 Å². The minimum Gasteiger partial charge on any atom is -0.210 e. The largest absolute Gasteiger partial charge is 0.211 e. The van der Waals surface area contributed by atoms with Gasteiger partial charge >= 0.3 is 0 Å². The number of hydrogen-bond donors (Lipinski definition) is 0. The van der Waals surface area contributed by atoms with Crippen LogP contribution < -0.4 is 4.98 Å². The van der Waals surface area contributed by atoms with Crippen LogP contribution in [0.25, 0.3) is 32.8 Å². The zero-order valence-electron chi connectivity index (χ0n) is 16.9. The van der Waals surface area contributed by atoms with Gasteiger partial charge in [0, 0.05) is 11.6 Å². The smallest absolute Gasteiger partial charge is 0.210 e. The number of nitrogens with one attached hydrogen (secondary N) is 1. The number of aromatic nitrogens is 1. The molecule has 3 aromatic carbocycles. The number of aromatic amines is 1. The first kappa shape index (κ1) is 18.7. The lowest BCUT2D eigenvalue weighted by atomic mass is 10.0. The Balaban J connectivity index is 1.46. The molecule has 1 heteroatoms. The van der Waals surface area contributed by atoms with E-state index in [0.717, 1.165) is 0 Å². The molecule has 28 heavy (non-hydrogen) atoms. The maximum atomic E-state index is 3.51. The Morgan fingerprint density at radius 1 is 0.679 bits per heavy atom. The molecule has 0 unspecified atom stereocenters. The van der Waals surface area contributed by atoms with E-state index in [4.69, 9.17) is 0 Å². The van der Waals surface area contributed by atoms with E-state index in [1.165, 1.54) is 83.3 Å². The highest BCUT2D eigenvalue weighted by atomic mass is 14.7. The molecule has 0 saturated heterocycles. The van der Waals surface area contributed by atoms with Gasteiger partial charge in [-0.2, -0.15) is 0 Å². The second kappa shape index (κ2) is 9.01. The fraction of sp³-hybridized carbons (Fsp3) is 0.296. The SMILES string of the molecule is CCCCCCCCc1ccc(-c2cc3ccc4ccccc4c3c[nH+]2)cc1. The third-order valence-electron chi connectivity index (χ3n) is 5.76. The standard InChI is InChI=1S/C27H29N/c1-2-3-4-5-6-7-10-21-13-15-23(16-14-21)27-19-24-18-17-22-11-8-9-12-25(22)26(24)20-28-27/h8-9,11-20H,2-7,10H2,1H3/p+1. The summed E-state index contributed by atoms with van der Waals surface area (Å²) in [6, 6.07) is 24.4. The topological polar surface area (TPSA) is 14.1 Å². The van der Waals surface area contributed by atoms with Gasteiger partial charge in [-0.3, -0.25) is 0 Å². The van der Waals surface area contributed by atoms with Crippen LogP contribution in [0.1, 0.15) is 51.0 Å². The van der Waals surface area contributed by atoms with E-state index in [0.29, 0.717) is 0 Å². The number of hydrogen-bond acceptors (Lipinski definition) is 0. The highest BCUT2D eigenvalue weighted by molar-refractivity contribution is 6.07. The fourth-order valence-corrected chi connectivity index (χ4v) is 4.07. The molecular formula is C27H30N+. The van der Waals surface area contributed by atoms with Crippen molar-refractivity contribution in [3.05, 3.63) is 78.5 Å². The lowest BCUT2D eigenvalue weighted by Crippen LogP contribution is -2.05. The third-order valence-corrected chi connectivity index (χ3v) is 5.76. The Labute approximate surface area is 168 Å². The van der Waals surface area contributed by atoms with Crippen molar-refractivity contribution < 1.29 is 4.98 Å². The van der Waals surface area contributed by atoms with Gasteiger partial charge in [-0.15, -0.1) is 0 Å². The predicted octanol–water partition coefficient (Wildman–Crippen LogP) is 7.38. The van der Waals surface area contributed by atoms with Crippen molar-refractivity contribution in [1.29, 1.82) is 0 Å². The van der Waals surface area contributed by atoms with Crippen molar-refractivity contribution in [2.24, 2.45) is 0 Å². The number of unbranched alkanes of at least 4 members (excludes halogenated alkanes) is 5.